The van der Waals surface area contributed by atoms with Crippen LogP contribution in [0.2, 0.25) is 0 Å². The van der Waals surface area contributed by atoms with Gasteiger partial charge in [-0.1, -0.05) is 119 Å². The van der Waals surface area contributed by atoms with Crippen LogP contribution >= 0.6 is 0 Å². The summed E-state index contributed by atoms with van der Waals surface area (Å²) in [4.78, 5) is 24.1. The van der Waals surface area contributed by atoms with Crippen molar-refractivity contribution in [3.05, 3.63) is 72.9 Å². The lowest BCUT2D eigenvalue weighted by molar-refractivity contribution is -0.161. The minimum absolute atomic E-state index is 0.0971. The molecule has 44 heavy (non-hydrogen) atoms. The number of allylic oxidation sites excluding steroid dienone is 12. The zero-order valence-electron chi connectivity index (χ0n) is 28.1. The largest absolute Gasteiger partial charge is 0.462 e. The number of unbranched alkanes of at least 4 members (excludes halogenated alkanes) is 10. The second-order valence-corrected chi connectivity index (χ2v) is 11.2. The summed E-state index contributed by atoms with van der Waals surface area (Å²) in [6.07, 6.45) is 45.2. The van der Waals surface area contributed by atoms with Gasteiger partial charge in [0.15, 0.2) is 6.10 Å². The van der Waals surface area contributed by atoms with Gasteiger partial charge in [-0.3, -0.25) is 9.59 Å². The highest BCUT2D eigenvalue weighted by atomic mass is 16.6. The maximum absolute atomic E-state index is 12.1. The molecule has 0 aliphatic heterocycles. The third-order valence-electron chi connectivity index (χ3n) is 6.98. The molecule has 0 aromatic carbocycles. The first-order valence-electron chi connectivity index (χ1n) is 17.5. The molecule has 0 unspecified atom stereocenters. The molecule has 0 spiro atoms. The number of hydrogen-bond acceptors (Lipinski definition) is 5. The summed E-state index contributed by atoms with van der Waals surface area (Å²) >= 11 is 0. The van der Waals surface area contributed by atoms with Gasteiger partial charge in [-0.2, -0.15) is 0 Å². The van der Waals surface area contributed by atoms with Gasteiger partial charge < -0.3 is 14.6 Å². The molecule has 5 heteroatoms. The Morgan fingerprint density at radius 1 is 0.545 bits per heavy atom. The van der Waals surface area contributed by atoms with Crippen LogP contribution in [0.3, 0.4) is 0 Å². The minimum atomic E-state index is -0.797. The molecular weight excluding hydrogens is 548 g/mol. The van der Waals surface area contributed by atoms with E-state index in [4.69, 9.17) is 9.47 Å². The van der Waals surface area contributed by atoms with Crippen molar-refractivity contribution in [3.63, 3.8) is 0 Å². The van der Waals surface area contributed by atoms with Crippen molar-refractivity contribution in [2.75, 3.05) is 13.2 Å². The lowest BCUT2D eigenvalue weighted by Crippen LogP contribution is -2.28. The average Bonchev–Trinajstić information content (AvgIpc) is 3.02. The second-order valence-electron chi connectivity index (χ2n) is 11.2. The predicted octanol–water partition coefficient (Wildman–Crippen LogP) is 10.6. The fourth-order valence-electron chi connectivity index (χ4n) is 4.34. The van der Waals surface area contributed by atoms with Crippen LogP contribution in [0.25, 0.3) is 0 Å². The molecule has 0 rings (SSSR count). The number of aliphatic hydroxyl groups excluding tert-OH is 1. The summed E-state index contributed by atoms with van der Waals surface area (Å²) < 4.78 is 10.5. The molecular formula is C39H64O5. The molecule has 1 atom stereocenters. The van der Waals surface area contributed by atoms with E-state index in [1.54, 1.807) is 0 Å². The van der Waals surface area contributed by atoms with Gasteiger partial charge in [0.1, 0.15) is 6.61 Å². The third-order valence-corrected chi connectivity index (χ3v) is 6.98. The van der Waals surface area contributed by atoms with E-state index in [0.717, 1.165) is 83.5 Å². The zero-order valence-corrected chi connectivity index (χ0v) is 28.1. The smallest absolute Gasteiger partial charge is 0.306 e. The van der Waals surface area contributed by atoms with Crippen molar-refractivity contribution in [2.45, 2.75) is 148 Å². The minimum Gasteiger partial charge on any atom is -0.462 e. The van der Waals surface area contributed by atoms with Gasteiger partial charge in [0.05, 0.1) is 6.61 Å². The Labute approximate surface area is 270 Å². The monoisotopic (exact) mass is 612 g/mol. The Balaban J connectivity index is 3.71. The van der Waals surface area contributed by atoms with Crippen LogP contribution in [-0.4, -0.2) is 36.4 Å². The van der Waals surface area contributed by atoms with Crippen LogP contribution in [0.5, 0.6) is 0 Å². The first kappa shape index (κ1) is 41.3. The van der Waals surface area contributed by atoms with Gasteiger partial charge in [0.25, 0.3) is 0 Å². The van der Waals surface area contributed by atoms with Gasteiger partial charge in [-0.25, -0.2) is 0 Å². The quantitative estimate of drug-likeness (QED) is 0.0496. The van der Waals surface area contributed by atoms with Gasteiger partial charge in [-0.05, 0) is 83.5 Å². The number of aliphatic hydroxyl groups is 1. The standard InChI is InChI=1S/C39H64O5/c1-3-5-7-9-11-13-15-17-19-21-23-25-27-29-31-33-38(41)43-36-37(35-40)44-39(42)34-32-30-28-26-24-22-20-18-16-14-12-10-8-6-4-2/h5,7,11-14,17-20,23,25,37,40H,3-4,6,8-10,15-16,21-22,24,26-36H2,1-2H3/b7-5-,13-11-,14-12-,19-17-,20-18-,25-23-/t37-/m0/s1. The number of hydrogen-bond donors (Lipinski definition) is 1. The molecule has 0 amide bonds. The molecule has 0 radical (unpaired) electrons. The maximum atomic E-state index is 12.1. The number of carbonyl (C=O) groups is 2. The van der Waals surface area contributed by atoms with Crippen molar-refractivity contribution in [1.82, 2.24) is 0 Å². The van der Waals surface area contributed by atoms with E-state index in [2.05, 4.69) is 86.8 Å². The molecule has 0 saturated carbocycles. The van der Waals surface area contributed by atoms with Gasteiger partial charge in [0, 0.05) is 12.8 Å². The molecule has 0 heterocycles. The number of esters is 2. The van der Waals surface area contributed by atoms with Crippen LogP contribution in [0.1, 0.15) is 142 Å². The summed E-state index contributed by atoms with van der Waals surface area (Å²) in [5, 5.41) is 9.51. The molecule has 0 aromatic rings. The zero-order chi connectivity index (χ0) is 32.2. The van der Waals surface area contributed by atoms with E-state index in [1.165, 1.54) is 32.1 Å². The van der Waals surface area contributed by atoms with E-state index < -0.39 is 6.10 Å². The normalized spacial score (nSPS) is 13.1. The first-order chi connectivity index (χ1) is 21.6. The fraction of sp³-hybridized carbons (Fsp3) is 0.641. The number of rotatable bonds is 30. The highest BCUT2D eigenvalue weighted by Crippen LogP contribution is 2.10. The molecule has 5 nitrogen and oxygen atoms in total. The lowest BCUT2D eigenvalue weighted by atomic mass is 10.1. The van der Waals surface area contributed by atoms with Crippen LogP contribution in [0, 0.1) is 0 Å². The van der Waals surface area contributed by atoms with Crippen LogP contribution < -0.4 is 0 Å². The molecule has 0 fully saturated rings. The van der Waals surface area contributed by atoms with Crippen LogP contribution in [-0.2, 0) is 19.1 Å². The number of ether oxygens (including phenoxy) is 2. The topological polar surface area (TPSA) is 72.8 Å². The third kappa shape index (κ3) is 32.3. The van der Waals surface area contributed by atoms with Gasteiger partial charge in [0.2, 0.25) is 0 Å². The fourth-order valence-corrected chi connectivity index (χ4v) is 4.34. The summed E-state index contributed by atoms with van der Waals surface area (Å²) in [6.45, 7) is 3.92. The molecule has 0 aromatic heterocycles. The Hall–Kier alpha value is -2.66. The van der Waals surface area contributed by atoms with Crippen LogP contribution in [0.4, 0.5) is 0 Å². The van der Waals surface area contributed by atoms with Crippen molar-refractivity contribution >= 4 is 11.9 Å². The molecule has 0 bridgehead atoms. The summed E-state index contributed by atoms with van der Waals surface area (Å²) in [5.41, 5.74) is 0. The maximum Gasteiger partial charge on any atom is 0.306 e. The Bertz CT molecular complexity index is 833. The molecule has 0 aliphatic rings. The highest BCUT2D eigenvalue weighted by Gasteiger charge is 2.16. The number of carbonyl (C=O) groups excluding carboxylic acids is 2. The summed E-state index contributed by atoms with van der Waals surface area (Å²) in [7, 11) is 0. The summed E-state index contributed by atoms with van der Waals surface area (Å²) in [5.74, 6) is -0.665. The van der Waals surface area contributed by atoms with Crippen molar-refractivity contribution in [1.29, 1.82) is 0 Å². The van der Waals surface area contributed by atoms with Crippen molar-refractivity contribution in [2.24, 2.45) is 0 Å². The molecule has 1 N–H and O–H groups in total. The van der Waals surface area contributed by atoms with E-state index in [9.17, 15) is 14.7 Å². The van der Waals surface area contributed by atoms with E-state index in [1.807, 2.05) is 0 Å². The average molecular weight is 613 g/mol. The lowest BCUT2D eigenvalue weighted by Gasteiger charge is -2.15. The van der Waals surface area contributed by atoms with Gasteiger partial charge in [-0.15, -0.1) is 0 Å². The van der Waals surface area contributed by atoms with Gasteiger partial charge >= 0.3 is 11.9 Å². The Morgan fingerprint density at radius 2 is 0.977 bits per heavy atom. The van der Waals surface area contributed by atoms with E-state index >= 15 is 0 Å². The molecule has 250 valence electrons. The van der Waals surface area contributed by atoms with Crippen molar-refractivity contribution < 1.29 is 24.2 Å². The first-order valence-corrected chi connectivity index (χ1v) is 17.5. The van der Waals surface area contributed by atoms with E-state index in [-0.39, 0.29) is 25.2 Å². The van der Waals surface area contributed by atoms with E-state index in [0.29, 0.717) is 12.8 Å². The van der Waals surface area contributed by atoms with Crippen molar-refractivity contribution in [3.8, 4) is 0 Å². The second kappa shape index (κ2) is 34.8. The SMILES string of the molecule is CC/C=C\C/C=C\C/C=C\C/C=C\CCCCC(=O)OC[C@H](CO)OC(=O)CCCCCCC/C=C\C/C=C\CCCCC. The molecule has 0 saturated heterocycles. The highest BCUT2D eigenvalue weighted by molar-refractivity contribution is 5.70. The molecule has 0 aliphatic carbocycles. The Morgan fingerprint density at radius 3 is 1.52 bits per heavy atom. The predicted molar refractivity (Wildman–Crippen MR) is 186 cm³/mol. The summed E-state index contributed by atoms with van der Waals surface area (Å²) in [6, 6.07) is 0. The van der Waals surface area contributed by atoms with Crippen LogP contribution in [0.15, 0.2) is 72.9 Å². The Kier molecular flexibility index (Phi) is 32.7.